The van der Waals surface area contributed by atoms with Crippen LogP contribution < -0.4 is 20.7 Å². The van der Waals surface area contributed by atoms with E-state index in [0.29, 0.717) is 23.8 Å². The highest BCUT2D eigenvalue weighted by Crippen LogP contribution is 2.27. The van der Waals surface area contributed by atoms with Crippen molar-refractivity contribution in [3.63, 3.8) is 0 Å². The number of ether oxygens (including phenoxy) is 1. The van der Waals surface area contributed by atoms with E-state index < -0.39 is 0 Å². The van der Waals surface area contributed by atoms with Crippen LogP contribution in [0.2, 0.25) is 0 Å². The van der Waals surface area contributed by atoms with Gasteiger partial charge in [0, 0.05) is 5.70 Å². The molecule has 32 heavy (non-hydrogen) atoms. The predicted octanol–water partition coefficient (Wildman–Crippen LogP) is 3.38. The number of aryl methyl sites for hydroxylation is 1. The minimum Gasteiger partial charge on any atom is -0.508 e. The van der Waals surface area contributed by atoms with Crippen LogP contribution in [0, 0.1) is 6.92 Å². The summed E-state index contributed by atoms with van der Waals surface area (Å²) in [4.78, 5) is 24.1. The first-order valence-electron chi connectivity index (χ1n) is 10.1. The lowest BCUT2D eigenvalue weighted by molar-refractivity contribution is -0.123. The molecular formula is C24H23N3O5. The van der Waals surface area contributed by atoms with E-state index in [0.717, 1.165) is 16.7 Å². The minimum atomic E-state index is -0.335. The molecule has 0 saturated heterocycles. The Kier molecular flexibility index (Phi) is 6.12. The topological polar surface area (TPSA) is 113 Å². The average molecular weight is 433 g/mol. The molecule has 2 heterocycles. The van der Waals surface area contributed by atoms with Gasteiger partial charge in [0.1, 0.15) is 17.3 Å². The lowest BCUT2D eigenvalue weighted by Gasteiger charge is -2.24. The van der Waals surface area contributed by atoms with E-state index in [1.54, 1.807) is 49.6 Å². The average Bonchev–Trinajstić information content (AvgIpc) is 3.32. The van der Waals surface area contributed by atoms with Crippen molar-refractivity contribution in [1.29, 1.82) is 0 Å². The second kappa shape index (κ2) is 9.30. The smallest absolute Gasteiger partial charge is 0.319 e. The fraction of sp³-hybridized carbons (Fsp3) is 0.167. The van der Waals surface area contributed by atoms with E-state index in [1.807, 2.05) is 24.3 Å². The Morgan fingerprint density at radius 2 is 2.00 bits per heavy atom. The van der Waals surface area contributed by atoms with Gasteiger partial charge in [0.05, 0.1) is 18.8 Å². The lowest BCUT2D eigenvalue weighted by atomic mass is 10.0. The quantitative estimate of drug-likeness (QED) is 0.456. The zero-order valence-electron chi connectivity index (χ0n) is 17.4. The summed E-state index contributed by atoms with van der Waals surface area (Å²) in [7, 11) is 0. The SMILES string of the molecule is Cc1cc(C2=CC(c3ccc(OCC(=O)NCc4ccco4)cc3)NC(=O)N2)ccc1O. The van der Waals surface area contributed by atoms with Crippen molar-refractivity contribution in [2.24, 2.45) is 0 Å². The Hall–Kier alpha value is -4.20. The molecule has 0 fully saturated rings. The van der Waals surface area contributed by atoms with Crippen LogP contribution in [0.1, 0.15) is 28.5 Å². The first kappa shape index (κ1) is 21.0. The highest BCUT2D eigenvalue weighted by atomic mass is 16.5. The standard InChI is InChI=1S/C24H23N3O5/c1-15-11-17(6-9-22(15)28)21-12-20(26-24(30)27-21)16-4-7-18(8-5-16)32-14-23(29)25-13-19-3-2-10-31-19/h2-12,20,28H,13-14H2,1H3,(H,25,29)(H2,26,27,30). The van der Waals surface area contributed by atoms with Crippen molar-refractivity contribution in [1.82, 2.24) is 16.0 Å². The molecule has 4 rings (SSSR count). The lowest BCUT2D eigenvalue weighted by Crippen LogP contribution is -2.40. The molecule has 8 heteroatoms. The highest BCUT2D eigenvalue weighted by molar-refractivity contribution is 5.88. The maximum Gasteiger partial charge on any atom is 0.319 e. The molecule has 0 saturated carbocycles. The number of hydrogen-bond donors (Lipinski definition) is 4. The van der Waals surface area contributed by atoms with E-state index in [9.17, 15) is 14.7 Å². The molecule has 1 unspecified atom stereocenters. The van der Waals surface area contributed by atoms with Crippen LogP contribution in [-0.4, -0.2) is 23.7 Å². The number of amides is 3. The van der Waals surface area contributed by atoms with E-state index in [4.69, 9.17) is 9.15 Å². The second-order valence-corrected chi connectivity index (χ2v) is 7.37. The number of rotatable bonds is 7. The largest absolute Gasteiger partial charge is 0.508 e. The van der Waals surface area contributed by atoms with Gasteiger partial charge in [-0.15, -0.1) is 0 Å². The molecule has 2 aromatic carbocycles. The number of hydrogen-bond acceptors (Lipinski definition) is 5. The summed E-state index contributed by atoms with van der Waals surface area (Å²) < 4.78 is 10.7. The van der Waals surface area contributed by atoms with Crippen LogP contribution >= 0.6 is 0 Å². The van der Waals surface area contributed by atoms with Crippen LogP contribution in [0.15, 0.2) is 71.4 Å². The molecule has 1 aliphatic rings. The fourth-order valence-corrected chi connectivity index (χ4v) is 3.29. The third kappa shape index (κ3) is 5.10. The Balaban J connectivity index is 1.38. The van der Waals surface area contributed by atoms with Gasteiger partial charge in [0.2, 0.25) is 0 Å². The van der Waals surface area contributed by atoms with E-state index >= 15 is 0 Å². The number of nitrogens with one attached hydrogen (secondary N) is 3. The zero-order chi connectivity index (χ0) is 22.5. The normalized spacial score (nSPS) is 15.3. The van der Waals surface area contributed by atoms with E-state index in [-0.39, 0.29) is 30.3 Å². The number of carbonyl (C=O) groups excluding carboxylic acids is 2. The van der Waals surface area contributed by atoms with E-state index in [2.05, 4.69) is 16.0 Å². The van der Waals surface area contributed by atoms with Crippen LogP contribution in [0.3, 0.4) is 0 Å². The maximum atomic E-state index is 12.2. The van der Waals surface area contributed by atoms with Gasteiger partial charge < -0.3 is 30.2 Å². The molecule has 164 valence electrons. The third-order valence-electron chi connectivity index (χ3n) is 5.02. The Morgan fingerprint density at radius 3 is 2.72 bits per heavy atom. The van der Waals surface area contributed by atoms with E-state index in [1.165, 1.54) is 0 Å². The van der Waals surface area contributed by atoms with Gasteiger partial charge in [0.25, 0.3) is 5.91 Å². The number of aromatic hydroxyl groups is 1. The van der Waals surface area contributed by atoms with Crippen LogP contribution in [0.25, 0.3) is 5.70 Å². The molecule has 0 aliphatic carbocycles. The van der Waals surface area contributed by atoms with Gasteiger partial charge in [-0.25, -0.2) is 4.79 Å². The van der Waals surface area contributed by atoms with Crippen molar-refractivity contribution in [3.8, 4) is 11.5 Å². The molecular weight excluding hydrogens is 410 g/mol. The molecule has 8 nitrogen and oxygen atoms in total. The van der Waals surface area contributed by atoms with Crippen LogP contribution in [0.4, 0.5) is 4.79 Å². The van der Waals surface area contributed by atoms with Crippen LogP contribution in [-0.2, 0) is 11.3 Å². The Morgan fingerprint density at radius 1 is 1.19 bits per heavy atom. The first-order valence-corrected chi connectivity index (χ1v) is 10.1. The molecule has 0 bridgehead atoms. The third-order valence-corrected chi connectivity index (χ3v) is 5.02. The summed E-state index contributed by atoms with van der Waals surface area (Å²) in [5, 5.41) is 18.1. The predicted molar refractivity (Wildman–Crippen MR) is 118 cm³/mol. The molecule has 0 spiro atoms. The van der Waals surface area contributed by atoms with Crippen molar-refractivity contribution in [3.05, 3.63) is 89.4 Å². The van der Waals surface area contributed by atoms with Gasteiger partial charge in [-0.05, 0) is 72.2 Å². The van der Waals surface area contributed by atoms with Gasteiger partial charge in [-0.3, -0.25) is 4.79 Å². The first-order chi connectivity index (χ1) is 15.5. The summed E-state index contributed by atoms with van der Waals surface area (Å²) in [5.74, 6) is 1.16. The maximum absolute atomic E-state index is 12.2. The molecule has 0 radical (unpaired) electrons. The van der Waals surface area contributed by atoms with Gasteiger partial charge in [-0.1, -0.05) is 12.1 Å². The molecule has 1 atom stereocenters. The number of phenols is 1. The number of urea groups is 1. The molecule has 1 aromatic heterocycles. The van der Waals surface area contributed by atoms with Crippen molar-refractivity contribution in [2.75, 3.05) is 6.61 Å². The Labute approximate surface area is 184 Å². The van der Waals surface area contributed by atoms with Gasteiger partial charge in [0.15, 0.2) is 6.61 Å². The van der Waals surface area contributed by atoms with Gasteiger partial charge in [-0.2, -0.15) is 0 Å². The van der Waals surface area contributed by atoms with Gasteiger partial charge >= 0.3 is 6.03 Å². The van der Waals surface area contributed by atoms with Crippen molar-refractivity contribution in [2.45, 2.75) is 19.5 Å². The molecule has 1 aliphatic heterocycles. The summed E-state index contributed by atoms with van der Waals surface area (Å²) in [6, 6.07) is 15.2. The summed E-state index contributed by atoms with van der Waals surface area (Å²) in [6.07, 6.45) is 3.46. The second-order valence-electron chi connectivity index (χ2n) is 7.37. The minimum absolute atomic E-state index is 0.117. The molecule has 3 aromatic rings. The van der Waals surface area contributed by atoms with Crippen molar-refractivity contribution >= 4 is 17.6 Å². The summed E-state index contributed by atoms with van der Waals surface area (Å²) in [5.41, 5.74) is 3.06. The number of benzene rings is 2. The zero-order valence-corrected chi connectivity index (χ0v) is 17.4. The number of phenolic OH excluding ortho intramolecular Hbond substituents is 1. The molecule has 3 amide bonds. The summed E-state index contributed by atoms with van der Waals surface area (Å²) >= 11 is 0. The summed E-state index contributed by atoms with van der Waals surface area (Å²) in [6.45, 7) is 1.99. The number of furan rings is 1. The molecule has 4 N–H and O–H groups in total. The highest BCUT2D eigenvalue weighted by Gasteiger charge is 2.21. The van der Waals surface area contributed by atoms with Crippen molar-refractivity contribution < 1.29 is 23.8 Å². The van der Waals surface area contributed by atoms with Crippen LogP contribution in [0.5, 0.6) is 11.5 Å². The fourth-order valence-electron chi connectivity index (χ4n) is 3.29. The Bertz CT molecular complexity index is 1140. The monoisotopic (exact) mass is 433 g/mol. The number of carbonyl (C=O) groups is 2.